The van der Waals surface area contributed by atoms with E-state index in [0.29, 0.717) is 5.69 Å². The van der Waals surface area contributed by atoms with Gasteiger partial charge in [-0.25, -0.2) is 8.42 Å². The van der Waals surface area contributed by atoms with E-state index in [0.717, 1.165) is 25.7 Å². The van der Waals surface area contributed by atoms with E-state index in [-0.39, 0.29) is 27.4 Å². The van der Waals surface area contributed by atoms with Crippen molar-refractivity contribution in [3.63, 3.8) is 0 Å². The van der Waals surface area contributed by atoms with Crippen molar-refractivity contribution >= 4 is 27.1 Å². The number of halogens is 1. The molecule has 0 radical (unpaired) electrons. The van der Waals surface area contributed by atoms with Gasteiger partial charge in [0.2, 0.25) is 0 Å². The van der Waals surface area contributed by atoms with Crippen LogP contribution in [-0.4, -0.2) is 25.9 Å². The average molecular weight is 330 g/mol. The number of benzene rings is 1. The van der Waals surface area contributed by atoms with Gasteiger partial charge >= 0.3 is 0 Å². The topological polar surface area (TPSA) is 69.4 Å². The number of anilines is 1. The number of nitrogens with two attached hydrogens (primary N) is 1. The molecule has 0 amide bonds. The van der Waals surface area contributed by atoms with Gasteiger partial charge in [-0.1, -0.05) is 24.4 Å². The minimum absolute atomic E-state index is 0.00160. The molecule has 1 aromatic carbocycles. The van der Waals surface area contributed by atoms with Gasteiger partial charge in [-0.2, -0.15) is 0 Å². The number of nitrogen functional groups attached to an aromatic ring is 1. The summed E-state index contributed by atoms with van der Waals surface area (Å²) < 4.78 is 31.1. The smallest absolute Gasteiger partial charge is 0.182 e. The second kappa shape index (κ2) is 5.45. The van der Waals surface area contributed by atoms with E-state index in [1.54, 1.807) is 6.07 Å². The van der Waals surface area contributed by atoms with Gasteiger partial charge in [0, 0.05) is 5.69 Å². The van der Waals surface area contributed by atoms with E-state index in [1.807, 2.05) is 0 Å². The van der Waals surface area contributed by atoms with Gasteiger partial charge in [-0.15, -0.1) is 0 Å². The Morgan fingerprint density at radius 1 is 1.29 bits per heavy atom. The predicted molar refractivity (Wildman–Crippen MR) is 83.2 cm³/mol. The maximum atomic E-state index is 12.5. The molecule has 2 aliphatic rings. The molecule has 2 N–H and O–H groups in total. The Labute approximate surface area is 130 Å². The Morgan fingerprint density at radius 3 is 2.67 bits per heavy atom. The van der Waals surface area contributed by atoms with E-state index >= 15 is 0 Å². The van der Waals surface area contributed by atoms with Crippen LogP contribution in [0.5, 0.6) is 0 Å². The largest absolute Gasteiger partial charge is 0.399 e. The van der Waals surface area contributed by atoms with Crippen molar-refractivity contribution in [3.8, 4) is 0 Å². The van der Waals surface area contributed by atoms with Crippen molar-refractivity contribution in [1.82, 2.24) is 0 Å². The summed E-state index contributed by atoms with van der Waals surface area (Å²) in [5, 5.41) is 0.184. The summed E-state index contributed by atoms with van der Waals surface area (Å²) in [5.74, 6) is -0.00160. The Kier molecular flexibility index (Phi) is 3.93. The maximum Gasteiger partial charge on any atom is 0.182 e. The highest BCUT2D eigenvalue weighted by atomic mass is 35.5. The van der Waals surface area contributed by atoms with Gasteiger partial charge in [0.25, 0.3) is 0 Å². The highest BCUT2D eigenvalue weighted by Crippen LogP contribution is 2.43. The number of hydrogen-bond donors (Lipinski definition) is 1. The SMILES string of the molecule is Nc1ccc(S(=O)(=O)CC2CCC3(CCCC3)O2)c(Cl)c1. The lowest BCUT2D eigenvalue weighted by molar-refractivity contribution is -0.0273. The van der Waals surface area contributed by atoms with Crippen molar-refractivity contribution < 1.29 is 13.2 Å². The summed E-state index contributed by atoms with van der Waals surface area (Å²) in [5.41, 5.74) is 6.02. The fraction of sp³-hybridized carbons (Fsp3) is 0.600. The summed E-state index contributed by atoms with van der Waals surface area (Å²) in [6.07, 6.45) is 6.06. The molecule has 1 aromatic rings. The molecule has 1 atom stereocenters. The number of sulfone groups is 1. The van der Waals surface area contributed by atoms with Crippen molar-refractivity contribution in [2.45, 2.75) is 55.1 Å². The van der Waals surface area contributed by atoms with Crippen LogP contribution < -0.4 is 5.73 Å². The molecule has 3 rings (SSSR count). The predicted octanol–water partition coefficient (Wildman–Crippen LogP) is 3.19. The zero-order valence-electron chi connectivity index (χ0n) is 11.8. The Hall–Kier alpha value is -0.780. The molecule has 0 bridgehead atoms. The Morgan fingerprint density at radius 2 is 2.00 bits per heavy atom. The second-order valence-electron chi connectivity index (χ2n) is 6.14. The monoisotopic (exact) mass is 329 g/mol. The molecule has 1 spiro atoms. The van der Waals surface area contributed by atoms with Crippen molar-refractivity contribution in [1.29, 1.82) is 0 Å². The van der Waals surface area contributed by atoms with Crippen LogP contribution in [0.4, 0.5) is 5.69 Å². The summed E-state index contributed by atoms with van der Waals surface area (Å²) in [4.78, 5) is 0.148. The van der Waals surface area contributed by atoms with Crippen molar-refractivity contribution in [2.75, 3.05) is 11.5 Å². The molecule has 116 valence electrons. The van der Waals surface area contributed by atoms with Gasteiger partial charge in [0.1, 0.15) is 0 Å². The minimum atomic E-state index is -3.45. The molecule has 2 fully saturated rings. The van der Waals surface area contributed by atoms with Gasteiger partial charge in [-0.05, 0) is 43.9 Å². The number of ether oxygens (including phenoxy) is 1. The number of hydrogen-bond acceptors (Lipinski definition) is 4. The molecule has 1 heterocycles. The lowest BCUT2D eigenvalue weighted by atomic mass is 9.98. The quantitative estimate of drug-likeness (QED) is 0.865. The van der Waals surface area contributed by atoms with E-state index < -0.39 is 9.84 Å². The summed E-state index contributed by atoms with van der Waals surface area (Å²) in [7, 11) is -3.45. The van der Waals surface area contributed by atoms with Crippen molar-refractivity contribution in [2.24, 2.45) is 0 Å². The van der Waals surface area contributed by atoms with Crippen molar-refractivity contribution in [3.05, 3.63) is 23.2 Å². The van der Waals surface area contributed by atoms with Crippen LogP contribution in [-0.2, 0) is 14.6 Å². The molecular formula is C15H20ClNO3S. The fourth-order valence-electron chi connectivity index (χ4n) is 3.50. The second-order valence-corrected chi connectivity index (χ2v) is 8.55. The van der Waals surface area contributed by atoms with E-state index in [9.17, 15) is 8.42 Å². The standard InChI is InChI=1S/C15H20ClNO3S/c16-13-9-11(17)3-4-14(13)21(18,19)10-12-5-8-15(20-12)6-1-2-7-15/h3-4,9,12H,1-2,5-8,10,17H2. The van der Waals surface area contributed by atoms with Gasteiger partial charge in [-0.3, -0.25) is 0 Å². The van der Waals surface area contributed by atoms with Crippen LogP contribution in [0.15, 0.2) is 23.1 Å². The Bertz CT molecular complexity index is 638. The molecule has 1 saturated heterocycles. The summed E-state index contributed by atoms with van der Waals surface area (Å²) in [6, 6.07) is 4.52. The lowest BCUT2D eigenvalue weighted by Gasteiger charge is -2.23. The van der Waals surface area contributed by atoms with Crippen LogP contribution in [0.25, 0.3) is 0 Å². The summed E-state index contributed by atoms with van der Waals surface area (Å²) in [6.45, 7) is 0. The Balaban J connectivity index is 1.75. The minimum Gasteiger partial charge on any atom is -0.399 e. The van der Waals surface area contributed by atoms with Gasteiger partial charge < -0.3 is 10.5 Å². The number of rotatable bonds is 3. The highest BCUT2D eigenvalue weighted by Gasteiger charge is 2.43. The first kappa shape index (κ1) is 15.1. The highest BCUT2D eigenvalue weighted by molar-refractivity contribution is 7.91. The van der Waals surface area contributed by atoms with E-state index in [2.05, 4.69) is 0 Å². The van der Waals surface area contributed by atoms with Gasteiger partial charge in [0.05, 0.1) is 27.4 Å². The van der Waals surface area contributed by atoms with E-state index in [1.165, 1.54) is 25.0 Å². The molecule has 1 unspecified atom stereocenters. The molecule has 6 heteroatoms. The van der Waals surface area contributed by atoms with E-state index in [4.69, 9.17) is 22.1 Å². The normalized spacial score (nSPS) is 24.7. The molecule has 1 saturated carbocycles. The van der Waals surface area contributed by atoms with Gasteiger partial charge in [0.15, 0.2) is 9.84 Å². The molecule has 0 aromatic heterocycles. The molecular weight excluding hydrogens is 310 g/mol. The lowest BCUT2D eigenvalue weighted by Crippen LogP contribution is -2.28. The first-order valence-electron chi connectivity index (χ1n) is 7.36. The summed E-state index contributed by atoms with van der Waals surface area (Å²) >= 11 is 6.02. The van der Waals surface area contributed by atoms with Crippen LogP contribution >= 0.6 is 11.6 Å². The first-order valence-corrected chi connectivity index (χ1v) is 9.39. The third kappa shape index (κ3) is 3.05. The maximum absolute atomic E-state index is 12.5. The zero-order chi connectivity index (χ0) is 15.1. The molecule has 1 aliphatic heterocycles. The van der Waals surface area contributed by atoms with Crippen LogP contribution in [0, 0.1) is 0 Å². The van der Waals surface area contributed by atoms with Crippen LogP contribution in [0.2, 0.25) is 5.02 Å². The third-order valence-corrected chi connectivity index (χ3v) is 6.81. The molecule has 1 aliphatic carbocycles. The first-order chi connectivity index (χ1) is 9.90. The van der Waals surface area contributed by atoms with Crippen LogP contribution in [0.1, 0.15) is 38.5 Å². The fourth-order valence-corrected chi connectivity index (χ4v) is 5.58. The molecule has 21 heavy (non-hydrogen) atoms. The zero-order valence-corrected chi connectivity index (χ0v) is 13.4. The van der Waals surface area contributed by atoms with Crippen LogP contribution in [0.3, 0.4) is 0 Å². The third-order valence-electron chi connectivity index (χ3n) is 4.55. The average Bonchev–Trinajstić information content (AvgIpc) is 2.99. The molecule has 4 nitrogen and oxygen atoms in total.